The van der Waals surface area contributed by atoms with Crippen LogP contribution in [-0.2, 0) is 0 Å². The van der Waals surface area contributed by atoms with Gasteiger partial charge in [0.2, 0.25) is 0 Å². The lowest BCUT2D eigenvalue weighted by atomic mass is 10.2. The second-order valence-corrected chi connectivity index (χ2v) is 2.75. The van der Waals surface area contributed by atoms with Crippen molar-refractivity contribution in [3.63, 3.8) is 0 Å². The van der Waals surface area contributed by atoms with Crippen LogP contribution in [0.4, 0.5) is 0 Å². The average Bonchev–Trinajstić information content (AvgIpc) is 2.04. The van der Waals surface area contributed by atoms with Crippen molar-refractivity contribution in [1.29, 1.82) is 0 Å². The second kappa shape index (κ2) is 3.88. The van der Waals surface area contributed by atoms with E-state index in [1.165, 1.54) is 5.57 Å². The molecule has 1 heterocycles. The summed E-state index contributed by atoms with van der Waals surface area (Å²) in [6.45, 7) is 4.01. The molecule has 0 fully saturated rings. The first-order valence-corrected chi connectivity index (χ1v) is 3.69. The molecule has 0 aliphatic carbocycles. The zero-order valence-corrected chi connectivity index (χ0v) is 7.24. The minimum atomic E-state index is 0.645. The molecular weight excluding hydrogens is 152 g/mol. The van der Waals surface area contributed by atoms with Crippen molar-refractivity contribution in [1.82, 2.24) is 4.98 Å². The first-order chi connectivity index (χ1) is 5.74. The summed E-state index contributed by atoms with van der Waals surface area (Å²) in [4.78, 5) is 8.63. The quantitative estimate of drug-likeness (QED) is 0.677. The molecule has 1 rings (SSSR count). The molecule has 2 N–H and O–H groups in total. The van der Waals surface area contributed by atoms with Crippen LogP contribution in [0.5, 0.6) is 5.75 Å². The topological polar surface area (TPSA) is 48.1 Å². The van der Waals surface area contributed by atoms with Crippen LogP contribution in [0, 0.1) is 0 Å². The van der Waals surface area contributed by atoms with Crippen molar-refractivity contribution in [3.05, 3.63) is 29.6 Å². The summed E-state index contributed by atoms with van der Waals surface area (Å²) in [5, 5.41) is 0. The SMILES string of the molecule is CC(C)=Cc1cnccc1ON. The Morgan fingerprint density at radius 3 is 2.92 bits per heavy atom. The Morgan fingerprint density at radius 1 is 1.58 bits per heavy atom. The lowest BCUT2D eigenvalue weighted by molar-refractivity contribution is 0.333. The molecule has 3 nitrogen and oxygen atoms in total. The van der Waals surface area contributed by atoms with Gasteiger partial charge in [-0.15, -0.1) is 0 Å². The number of allylic oxidation sites excluding steroid dienone is 1. The van der Waals surface area contributed by atoms with E-state index in [-0.39, 0.29) is 0 Å². The van der Waals surface area contributed by atoms with E-state index in [0.29, 0.717) is 5.75 Å². The van der Waals surface area contributed by atoms with Crippen molar-refractivity contribution >= 4 is 6.08 Å². The third-order valence-corrected chi connectivity index (χ3v) is 1.38. The number of rotatable bonds is 2. The lowest BCUT2D eigenvalue weighted by Crippen LogP contribution is -2.03. The molecule has 0 radical (unpaired) electrons. The Morgan fingerprint density at radius 2 is 2.33 bits per heavy atom. The van der Waals surface area contributed by atoms with Crippen molar-refractivity contribution in [2.45, 2.75) is 13.8 Å². The number of pyridine rings is 1. The molecule has 0 atom stereocenters. The monoisotopic (exact) mass is 164 g/mol. The van der Waals surface area contributed by atoms with E-state index in [0.717, 1.165) is 5.56 Å². The molecule has 1 aromatic rings. The summed E-state index contributed by atoms with van der Waals surface area (Å²) in [7, 11) is 0. The maximum atomic E-state index is 5.07. The van der Waals surface area contributed by atoms with Gasteiger partial charge in [-0.2, -0.15) is 5.90 Å². The molecule has 0 saturated carbocycles. The standard InChI is InChI=1S/C9H12N2O/c1-7(2)5-8-6-11-4-3-9(8)12-10/h3-6H,10H2,1-2H3. The molecule has 0 saturated heterocycles. The molecule has 0 bridgehead atoms. The smallest absolute Gasteiger partial charge is 0.157 e. The Bertz CT molecular complexity index is 290. The minimum absolute atomic E-state index is 0.645. The van der Waals surface area contributed by atoms with Gasteiger partial charge in [0.05, 0.1) is 0 Å². The number of nitrogens with zero attached hydrogens (tertiary/aromatic N) is 1. The molecule has 0 amide bonds. The highest BCUT2D eigenvalue weighted by molar-refractivity contribution is 5.57. The van der Waals surface area contributed by atoms with E-state index >= 15 is 0 Å². The minimum Gasteiger partial charge on any atom is -0.411 e. The fourth-order valence-corrected chi connectivity index (χ4v) is 0.921. The van der Waals surface area contributed by atoms with Gasteiger partial charge in [-0.1, -0.05) is 11.6 Å². The van der Waals surface area contributed by atoms with Gasteiger partial charge < -0.3 is 4.84 Å². The summed E-state index contributed by atoms with van der Waals surface area (Å²) in [5.74, 6) is 5.71. The number of hydrogen-bond donors (Lipinski definition) is 1. The van der Waals surface area contributed by atoms with E-state index in [1.54, 1.807) is 18.5 Å². The van der Waals surface area contributed by atoms with Crippen LogP contribution in [0.3, 0.4) is 0 Å². The molecule has 3 heteroatoms. The molecule has 0 spiro atoms. The Kier molecular flexibility index (Phi) is 2.82. The van der Waals surface area contributed by atoms with Gasteiger partial charge >= 0.3 is 0 Å². The maximum Gasteiger partial charge on any atom is 0.157 e. The molecule has 1 aromatic heterocycles. The fraction of sp³-hybridized carbons (Fsp3) is 0.222. The summed E-state index contributed by atoms with van der Waals surface area (Å²) in [6.07, 6.45) is 5.33. The molecular formula is C9H12N2O. The highest BCUT2D eigenvalue weighted by atomic mass is 16.6. The van der Waals surface area contributed by atoms with Gasteiger partial charge in [-0.05, 0) is 13.8 Å². The second-order valence-electron chi connectivity index (χ2n) is 2.75. The third kappa shape index (κ3) is 2.07. The van der Waals surface area contributed by atoms with Crippen molar-refractivity contribution in [2.24, 2.45) is 5.90 Å². The van der Waals surface area contributed by atoms with Crippen molar-refractivity contribution < 1.29 is 4.84 Å². The van der Waals surface area contributed by atoms with Crippen LogP contribution < -0.4 is 10.7 Å². The largest absolute Gasteiger partial charge is 0.411 e. The van der Waals surface area contributed by atoms with Gasteiger partial charge in [0.25, 0.3) is 0 Å². The maximum absolute atomic E-state index is 5.07. The highest BCUT2D eigenvalue weighted by Gasteiger charge is 1.97. The molecule has 0 unspecified atom stereocenters. The van der Waals surface area contributed by atoms with Crippen LogP contribution >= 0.6 is 0 Å². The summed E-state index contributed by atoms with van der Waals surface area (Å²) in [6, 6.07) is 1.73. The first-order valence-electron chi connectivity index (χ1n) is 3.69. The van der Waals surface area contributed by atoms with Gasteiger partial charge in [-0.3, -0.25) is 4.98 Å². The summed E-state index contributed by atoms with van der Waals surface area (Å²) < 4.78 is 0. The molecule has 0 aromatic carbocycles. The normalized spacial score (nSPS) is 9.25. The van der Waals surface area contributed by atoms with Crippen molar-refractivity contribution in [2.75, 3.05) is 0 Å². The number of aromatic nitrogens is 1. The van der Waals surface area contributed by atoms with Gasteiger partial charge in [-0.25, -0.2) is 0 Å². The van der Waals surface area contributed by atoms with Gasteiger partial charge in [0, 0.05) is 24.0 Å². The van der Waals surface area contributed by atoms with Crippen LogP contribution in [0.2, 0.25) is 0 Å². The zero-order chi connectivity index (χ0) is 8.97. The van der Waals surface area contributed by atoms with Crippen molar-refractivity contribution in [3.8, 4) is 5.75 Å². The van der Waals surface area contributed by atoms with Gasteiger partial charge in [0.15, 0.2) is 5.75 Å². The average molecular weight is 164 g/mol. The predicted molar refractivity (Wildman–Crippen MR) is 48.4 cm³/mol. The molecule has 64 valence electrons. The van der Waals surface area contributed by atoms with Crippen LogP contribution in [0.1, 0.15) is 19.4 Å². The zero-order valence-electron chi connectivity index (χ0n) is 7.24. The Balaban J connectivity index is 3.05. The highest BCUT2D eigenvalue weighted by Crippen LogP contribution is 2.17. The van der Waals surface area contributed by atoms with Crippen LogP contribution in [0.15, 0.2) is 24.0 Å². The van der Waals surface area contributed by atoms with E-state index in [2.05, 4.69) is 9.82 Å². The summed E-state index contributed by atoms with van der Waals surface area (Å²) in [5.41, 5.74) is 2.08. The van der Waals surface area contributed by atoms with E-state index < -0.39 is 0 Å². The first kappa shape index (κ1) is 8.74. The number of nitrogens with two attached hydrogens (primary N) is 1. The molecule has 0 aliphatic heterocycles. The fourth-order valence-electron chi connectivity index (χ4n) is 0.921. The van der Waals surface area contributed by atoms with E-state index in [9.17, 15) is 0 Å². The summed E-state index contributed by atoms with van der Waals surface area (Å²) >= 11 is 0. The third-order valence-electron chi connectivity index (χ3n) is 1.38. The number of hydrogen-bond acceptors (Lipinski definition) is 3. The van der Waals surface area contributed by atoms with Gasteiger partial charge in [0.1, 0.15) is 0 Å². The van der Waals surface area contributed by atoms with E-state index in [1.807, 2.05) is 19.9 Å². The van der Waals surface area contributed by atoms with Crippen LogP contribution in [0.25, 0.3) is 6.08 Å². The lowest BCUT2D eigenvalue weighted by Gasteiger charge is -2.01. The molecule has 0 aliphatic rings. The van der Waals surface area contributed by atoms with E-state index in [4.69, 9.17) is 5.90 Å². The Hall–Kier alpha value is -1.35. The predicted octanol–water partition coefficient (Wildman–Crippen LogP) is 1.76. The molecule has 12 heavy (non-hydrogen) atoms. The Labute approximate surface area is 71.8 Å². The van der Waals surface area contributed by atoms with Crippen LogP contribution in [-0.4, -0.2) is 4.98 Å².